The predicted molar refractivity (Wildman–Crippen MR) is 123 cm³/mol. The summed E-state index contributed by atoms with van der Waals surface area (Å²) in [5.74, 6) is -1.78. The van der Waals surface area contributed by atoms with Crippen molar-refractivity contribution in [3.05, 3.63) is 83.9 Å². The Morgan fingerprint density at radius 1 is 0.906 bits per heavy atom. The summed E-state index contributed by atoms with van der Waals surface area (Å²) in [5.41, 5.74) is 1.38. The third-order valence-corrected chi connectivity index (χ3v) is 7.15. The van der Waals surface area contributed by atoms with Gasteiger partial charge in [0.05, 0.1) is 16.1 Å². The van der Waals surface area contributed by atoms with Gasteiger partial charge in [-0.1, -0.05) is 62.4 Å². The number of rotatable bonds is 8. The molecule has 0 unspecified atom stereocenters. The molecule has 0 fully saturated rings. The lowest BCUT2D eigenvalue weighted by molar-refractivity contribution is 0.0698. The van der Waals surface area contributed by atoms with E-state index in [2.05, 4.69) is 5.32 Å². The number of aromatic carboxylic acids is 1. The Balaban J connectivity index is 2.10. The van der Waals surface area contributed by atoms with Gasteiger partial charge in [-0.15, -0.1) is 0 Å². The summed E-state index contributed by atoms with van der Waals surface area (Å²) in [5, 5.41) is 11.9. The Kier molecular flexibility index (Phi) is 7.07. The van der Waals surface area contributed by atoms with Crippen LogP contribution >= 0.6 is 0 Å². The molecular formula is C24H24N2O5S. The number of anilines is 1. The molecule has 3 aromatic rings. The predicted octanol–water partition coefficient (Wildman–Crippen LogP) is 4.33. The Labute approximate surface area is 187 Å². The van der Waals surface area contributed by atoms with Crippen LogP contribution in [0, 0.1) is 0 Å². The van der Waals surface area contributed by atoms with E-state index in [4.69, 9.17) is 0 Å². The lowest BCUT2D eigenvalue weighted by Gasteiger charge is -2.21. The monoisotopic (exact) mass is 452 g/mol. The van der Waals surface area contributed by atoms with Gasteiger partial charge in [-0.05, 0) is 29.8 Å². The molecule has 32 heavy (non-hydrogen) atoms. The standard InChI is InChI=1S/C24H24N2O5S/c1-3-26(4-2)32(30,31)22-16-18(14-15-19(22)17-10-6-5-7-11-17)23(27)25-21-13-9-8-12-20(21)24(28)29/h5-16H,3-4H2,1-2H3,(H,25,27)(H,28,29). The maximum atomic E-state index is 13.4. The van der Waals surface area contributed by atoms with Gasteiger partial charge >= 0.3 is 5.97 Å². The summed E-state index contributed by atoms with van der Waals surface area (Å²) >= 11 is 0. The van der Waals surface area contributed by atoms with Gasteiger partial charge in [0, 0.05) is 24.2 Å². The molecule has 0 spiro atoms. The van der Waals surface area contributed by atoms with E-state index in [1.165, 1.54) is 28.6 Å². The van der Waals surface area contributed by atoms with Crippen LogP contribution in [0.25, 0.3) is 11.1 Å². The molecule has 0 radical (unpaired) electrons. The minimum absolute atomic E-state index is 0.0200. The largest absolute Gasteiger partial charge is 0.478 e. The summed E-state index contributed by atoms with van der Waals surface area (Å²) in [6.45, 7) is 4.08. The average Bonchev–Trinajstić information content (AvgIpc) is 2.80. The van der Waals surface area contributed by atoms with Crippen molar-refractivity contribution >= 4 is 27.6 Å². The lowest BCUT2D eigenvalue weighted by atomic mass is 10.0. The van der Waals surface area contributed by atoms with E-state index >= 15 is 0 Å². The molecule has 1 amide bonds. The Hall–Kier alpha value is -3.49. The Morgan fingerprint density at radius 3 is 2.16 bits per heavy atom. The summed E-state index contributed by atoms with van der Waals surface area (Å²) < 4.78 is 28.1. The van der Waals surface area contributed by atoms with Gasteiger partial charge in [0.2, 0.25) is 10.0 Å². The number of para-hydroxylation sites is 1. The van der Waals surface area contributed by atoms with Crippen LogP contribution in [-0.2, 0) is 10.0 Å². The molecule has 7 nitrogen and oxygen atoms in total. The summed E-state index contributed by atoms with van der Waals surface area (Å²) in [4.78, 5) is 24.4. The van der Waals surface area contributed by atoms with Crippen LogP contribution in [0.4, 0.5) is 5.69 Å². The highest BCUT2D eigenvalue weighted by atomic mass is 32.2. The number of nitrogens with zero attached hydrogens (tertiary/aromatic N) is 1. The number of sulfonamides is 1. The molecule has 8 heteroatoms. The van der Waals surface area contributed by atoms with Crippen molar-refractivity contribution < 1.29 is 23.1 Å². The molecule has 0 aliphatic carbocycles. The quantitative estimate of drug-likeness (QED) is 0.529. The van der Waals surface area contributed by atoms with Crippen molar-refractivity contribution in [2.75, 3.05) is 18.4 Å². The van der Waals surface area contributed by atoms with Crippen LogP contribution < -0.4 is 5.32 Å². The number of nitrogens with one attached hydrogen (secondary N) is 1. The number of benzene rings is 3. The molecule has 0 bridgehead atoms. The van der Waals surface area contributed by atoms with Gasteiger partial charge in [-0.25, -0.2) is 13.2 Å². The zero-order chi connectivity index (χ0) is 23.3. The smallest absolute Gasteiger partial charge is 0.337 e. The summed E-state index contributed by atoms with van der Waals surface area (Å²) in [7, 11) is -3.87. The highest BCUT2D eigenvalue weighted by Crippen LogP contribution is 2.31. The number of amides is 1. The van der Waals surface area contributed by atoms with Gasteiger partial charge < -0.3 is 10.4 Å². The van der Waals surface area contributed by atoms with Crippen LogP contribution in [0.2, 0.25) is 0 Å². The zero-order valence-electron chi connectivity index (χ0n) is 17.8. The minimum atomic E-state index is -3.87. The van der Waals surface area contributed by atoms with Crippen molar-refractivity contribution in [3.8, 4) is 11.1 Å². The van der Waals surface area contributed by atoms with Gasteiger partial charge in [0.1, 0.15) is 0 Å². The second kappa shape index (κ2) is 9.76. The lowest BCUT2D eigenvalue weighted by Crippen LogP contribution is -2.31. The molecule has 0 atom stereocenters. The van der Waals surface area contributed by atoms with Crippen molar-refractivity contribution in [3.63, 3.8) is 0 Å². The van der Waals surface area contributed by atoms with E-state index in [0.29, 0.717) is 11.1 Å². The average molecular weight is 453 g/mol. The van der Waals surface area contributed by atoms with Crippen LogP contribution in [-0.4, -0.2) is 42.8 Å². The molecule has 3 aromatic carbocycles. The normalized spacial score (nSPS) is 11.3. The molecule has 0 saturated heterocycles. The fourth-order valence-corrected chi connectivity index (χ4v) is 5.11. The number of carbonyl (C=O) groups excluding carboxylic acids is 1. The molecule has 0 saturated carbocycles. The molecule has 166 valence electrons. The van der Waals surface area contributed by atoms with Gasteiger partial charge in [0.15, 0.2) is 0 Å². The Bertz CT molecular complexity index is 1240. The number of carboxylic acids is 1. The van der Waals surface area contributed by atoms with Crippen LogP contribution in [0.3, 0.4) is 0 Å². The van der Waals surface area contributed by atoms with E-state index < -0.39 is 21.9 Å². The number of carbonyl (C=O) groups is 2. The zero-order valence-corrected chi connectivity index (χ0v) is 18.6. The van der Waals surface area contributed by atoms with Gasteiger partial charge in [-0.3, -0.25) is 4.79 Å². The fourth-order valence-electron chi connectivity index (χ4n) is 3.41. The van der Waals surface area contributed by atoms with Gasteiger partial charge in [-0.2, -0.15) is 4.31 Å². The van der Waals surface area contributed by atoms with E-state index in [1.54, 1.807) is 44.2 Å². The first kappa shape index (κ1) is 23.2. The number of hydrogen-bond acceptors (Lipinski definition) is 4. The van der Waals surface area contributed by atoms with Crippen molar-refractivity contribution in [1.82, 2.24) is 4.31 Å². The summed E-state index contributed by atoms with van der Waals surface area (Å²) in [6, 6.07) is 19.6. The first-order valence-electron chi connectivity index (χ1n) is 10.1. The van der Waals surface area contributed by atoms with Crippen molar-refractivity contribution in [2.45, 2.75) is 18.7 Å². The third kappa shape index (κ3) is 4.71. The second-order valence-corrected chi connectivity index (χ2v) is 8.88. The van der Waals surface area contributed by atoms with E-state index in [1.807, 2.05) is 18.2 Å². The highest BCUT2D eigenvalue weighted by Gasteiger charge is 2.27. The van der Waals surface area contributed by atoms with Crippen LogP contribution in [0.15, 0.2) is 77.7 Å². The topological polar surface area (TPSA) is 104 Å². The van der Waals surface area contributed by atoms with E-state index in [9.17, 15) is 23.1 Å². The van der Waals surface area contributed by atoms with Crippen molar-refractivity contribution in [1.29, 1.82) is 0 Å². The van der Waals surface area contributed by atoms with Crippen LogP contribution in [0.1, 0.15) is 34.6 Å². The van der Waals surface area contributed by atoms with E-state index in [-0.39, 0.29) is 34.8 Å². The molecule has 2 N–H and O–H groups in total. The SMILES string of the molecule is CCN(CC)S(=O)(=O)c1cc(C(=O)Nc2ccccc2C(=O)O)ccc1-c1ccccc1. The molecule has 0 aromatic heterocycles. The van der Waals surface area contributed by atoms with Crippen LogP contribution in [0.5, 0.6) is 0 Å². The summed E-state index contributed by atoms with van der Waals surface area (Å²) in [6.07, 6.45) is 0. The third-order valence-electron chi connectivity index (χ3n) is 5.06. The first-order valence-corrected chi connectivity index (χ1v) is 11.6. The molecule has 0 aliphatic rings. The van der Waals surface area contributed by atoms with Crippen molar-refractivity contribution in [2.24, 2.45) is 0 Å². The Morgan fingerprint density at radius 2 is 1.53 bits per heavy atom. The molecule has 3 rings (SSSR count). The first-order chi connectivity index (χ1) is 15.3. The maximum absolute atomic E-state index is 13.4. The second-order valence-electron chi connectivity index (χ2n) is 6.97. The highest BCUT2D eigenvalue weighted by molar-refractivity contribution is 7.89. The van der Waals surface area contributed by atoms with E-state index in [0.717, 1.165) is 0 Å². The number of hydrogen-bond donors (Lipinski definition) is 2. The maximum Gasteiger partial charge on any atom is 0.337 e. The van der Waals surface area contributed by atoms with Gasteiger partial charge in [0.25, 0.3) is 5.91 Å². The molecular weight excluding hydrogens is 428 g/mol. The minimum Gasteiger partial charge on any atom is -0.478 e. The number of carboxylic acid groups (broad SMARTS) is 1. The fraction of sp³-hybridized carbons (Fsp3) is 0.167. The molecule has 0 aliphatic heterocycles. The molecule has 0 heterocycles.